The van der Waals surface area contributed by atoms with E-state index in [4.69, 9.17) is 0 Å². The Balaban J connectivity index is 1.31. The van der Waals surface area contributed by atoms with Crippen molar-refractivity contribution in [3.63, 3.8) is 0 Å². The second-order valence-corrected chi connectivity index (χ2v) is 19.8. The first-order valence-corrected chi connectivity index (χ1v) is 20.3. The minimum absolute atomic E-state index is 0.0897. The molecule has 56 heavy (non-hydrogen) atoms. The maximum atomic E-state index is 2.39. The van der Waals surface area contributed by atoms with Gasteiger partial charge in [0.05, 0.1) is 0 Å². The molecular formula is C54H60N2. The van der Waals surface area contributed by atoms with Gasteiger partial charge >= 0.3 is 0 Å². The predicted molar refractivity (Wildman–Crippen MR) is 246 cm³/mol. The monoisotopic (exact) mass is 736 g/mol. The molecule has 7 aromatic carbocycles. The number of benzene rings is 7. The summed E-state index contributed by atoms with van der Waals surface area (Å²) < 4.78 is 0. The van der Waals surface area contributed by atoms with Crippen LogP contribution in [0.1, 0.15) is 105 Å². The SMILES string of the molecule is CC(C)(C)c1ccc(N(c2ccc(C(C)(C)C)cc2)c2ccc3cc4cc(N(c5ccc(C(C)(C)C)cc5)c5ccc(C(C)(C)C)cc5)ccc4cc3c2)cc1. The third-order valence-electron chi connectivity index (χ3n) is 11.2. The fourth-order valence-corrected chi connectivity index (χ4v) is 7.59. The minimum atomic E-state index is 0.0897. The van der Waals surface area contributed by atoms with E-state index in [9.17, 15) is 0 Å². The Bertz CT molecular complexity index is 2160. The van der Waals surface area contributed by atoms with Crippen molar-refractivity contribution in [3.05, 3.63) is 168 Å². The van der Waals surface area contributed by atoms with Crippen molar-refractivity contribution in [2.24, 2.45) is 0 Å². The lowest BCUT2D eigenvalue weighted by atomic mass is 9.86. The van der Waals surface area contributed by atoms with Crippen LogP contribution in [0.2, 0.25) is 0 Å². The molecule has 0 radical (unpaired) electrons. The lowest BCUT2D eigenvalue weighted by molar-refractivity contribution is 0.590. The molecule has 0 fully saturated rings. The Morgan fingerprint density at radius 1 is 0.232 bits per heavy atom. The highest BCUT2D eigenvalue weighted by Crippen LogP contribution is 2.41. The van der Waals surface area contributed by atoms with Crippen LogP contribution in [0.25, 0.3) is 21.5 Å². The molecule has 0 aliphatic heterocycles. The maximum Gasteiger partial charge on any atom is 0.0468 e. The smallest absolute Gasteiger partial charge is 0.0468 e. The highest BCUT2D eigenvalue weighted by atomic mass is 15.1. The Labute approximate surface area is 336 Å². The molecule has 0 saturated carbocycles. The number of hydrogen-bond donors (Lipinski definition) is 0. The van der Waals surface area contributed by atoms with Gasteiger partial charge < -0.3 is 9.80 Å². The third-order valence-corrected chi connectivity index (χ3v) is 11.2. The standard InChI is InChI=1S/C54H60N2/c1-51(2,3)41-15-25-45(26-16-41)55(46-27-17-42(18-28-46)52(4,5)6)49-23-13-37-34-40-36-50(24-14-38(40)33-39(37)35-49)56(47-29-19-43(20-30-47)53(7,8)9)48-31-21-44(22-32-48)54(10,11)12/h13-36H,1-12H3. The van der Waals surface area contributed by atoms with Crippen LogP contribution in [0.3, 0.4) is 0 Å². The van der Waals surface area contributed by atoms with Crippen LogP contribution in [-0.2, 0) is 21.7 Å². The van der Waals surface area contributed by atoms with Crippen LogP contribution in [0, 0.1) is 0 Å². The lowest BCUT2D eigenvalue weighted by Crippen LogP contribution is -2.14. The molecule has 0 amide bonds. The van der Waals surface area contributed by atoms with Gasteiger partial charge in [-0.2, -0.15) is 0 Å². The summed E-state index contributed by atoms with van der Waals surface area (Å²) >= 11 is 0. The molecule has 7 aromatic rings. The molecule has 0 aliphatic carbocycles. The van der Waals surface area contributed by atoms with Gasteiger partial charge in [0, 0.05) is 34.1 Å². The van der Waals surface area contributed by atoms with Crippen molar-refractivity contribution in [2.75, 3.05) is 9.80 Å². The van der Waals surface area contributed by atoms with E-state index >= 15 is 0 Å². The van der Waals surface area contributed by atoms with Gasteiger partial charge in [0.25, 0.3) is 0 Å². The van der Waals surface area contributed by atoms with Crippen molar-refractivity contribution in [3.8, 4) is 0 Å². The summed E-state index contributed by atoms with van der Waals surface area (Å²) in [6.07, 6.45) is 0. The molecule has 0 N–H and O–H groups in total. The first-order chi connectivity index (χ1) is 26.3. The van der Waals surface area contributed by atoms with Crippen LogP contribution >= 0.6 is 0 Å². The summed E-state index contributed by atoms with van der Waals surface area (Å²) in [6.45, 7) is 27.3. The molecule has 0 atom stereocenters. The van der Waals surface area contributed by atoms with E-state index in [0.29, 0.717) is 0 Å². The number of anilines is 6. The molecule has 0 heterocycles. The summed E-state index contributed by atoms with van der Waals surface area (Å²) in [5, 5.41) is 4.88. The predicted octanol–water partition coefficient (Wildman–Crippen LogP) is 16.1. The average molecular weight is 737 g/mol. The molecule has 0 spiro atoms. The number of nitrogens with zero attached hydrogens (tertiary/aromatic N) is 2. The van der Waals surface area contributed by atoms with Crippen molar-refractivity contribution >= 4 is 55.7 Å². The Hall–Kier alpha value is -5.34. The van der Waals surface area contributed by atoms with E-state index in [1.807, 2.05) is 0 Å². The molecule has 2 heteroatoms. The van der Waals surface area contributed by atoms with Gasteiger partial charge in [0.1, 0.15) is 0 Å². The van der Waals surface area contributed by atoms with E-state index in [2.05, 4.69) is 238 Å². The highest BCUT2D eigenvalue weighted by Gasteiger charge is 2.21. The van der Waals surface area contributed by atoms with E-state index in [-0.39, 0.29) is 21.7 Å². The molecule has 2 nitrogen and oxygen atoms in total. The van der Waals surface area contributed by atoms with Gasteiger partial charge in [-0.1, -0.05) is 144 Å². The summed E-state index contributed by atoms with van der Waals surface area (Å²) in [5.41, 5.74) is 12.6. The Kier molecular flexibility index (Phi) is 9.94. The van der Waals surface area contributed by atoms with Gasteiger partial charge in [-0.05, 0) is 150 Å². The second-order valence-electron chi connectivity index (χ2n) is 19.8. The molecule has 7 rings (SSSR count). The normalized spacial score (nSPS) is 12.6. The van der Waals surface area contributed by atoms with Crippen LogP contribution < -0.4 is 9.80 Å². The average Bonchev–Trinajstić information content (AvgIpc) is 3.14. The van der Waals surface area contributed by atoms with E-state index in [0.717, 1.165) is 34.1 Å². The number of hydrogen-bond acceptors (Lipinski definition) is 2. The van der Waals surface area contributed by atoms with Crippen molar-refractivity contribution in [2.45, 2.75) is 105 Å². The molecule has 0 bridgehead atoms. The van der Waals surface area contributed by atoms with Crippen molar-refractivity contribution < 1.29 is 0 Å². The maximum absolute atomic E-state index is 2.39. The minimum Gasteiger partial charge on any atom is -0.310 e. The van der Waals surface area contributed by atoms with Gasteiger partial charge in [0.15, 0.2) is 0 Å². The highest BCUT2D eigenvalue weighted by molar-refractivity contribution is 6.01. The van der Waals surface area contributed by atoms with Gasteiger partial charge in [0.2, 0.25) is 0 Å². The third kappa shape index (κ3) is 8.12. The van der Waals surface area contributed by atoms with Crippen molar-refractivity contribution in [1.82, 2.24) is 0 Å². The second kappa shape index (κ2) is 14.3. The van der Waals surface area contributed by atoms with Crippen molar-refractivity contribution in [1.29, 1.82) is 0 Å². The van der Waals surface area contributed by atoms with E-state index in [1.54, 1.807) is 0 Å². The molecular weight excluding hydrogens is 677 g/mol. The zero-order chi connectivity index (χ0) is 40.2. The lowest BCUT2D eigenvalue weighted by Gasteiger charge is -2.28. The van der Waals surface area contributed by atoms with Crippen LogP contribution in [0.15, 0.2) is 146 Å². The fourth-order valence-electron chi connectivity index (χ4n) is 7.59. The number of rotatable bonds is 6. The van der Waals surface area contributed by atoms with Gasteiger partial charge in [-0.25, -0.2) is 0 Å². The Morgan fingerprint density at radius 2 is 0.446 bits per heavy atom. The first kappa shape index (κ1) is 38.9. The molecule has 0 aromatic heterocycles. The zero-order valence-electron chi connectivity index (χ0n) is 35.8. The summed E-state index contributed by atoms with van der Waals surface area (Å²) in [7, 11) is 0. The topological polar surface area (TPSA) is 6.48 Å². The molecule has 286 valence electrons. The van der Waals surface area contributed by atoms with E-state index in [1.165, 1.54) is 43.8 Å². The Morgan fingerprint density at radius 3 is 0.661 bits per heavy atom. The largest absolute Gasteiger partial charge is 0.310 e. The molecule has 0 unspecified atom stereocenters. The first-order valence-electron chi connectivity index (χ1n) is 20.3. The van der Waals surface area contributed by atoms with E-state index < -0.39 is 0 Å². The van der Waals surface area contributed by atoms with Crippen LogP contribution in [0.4, 0.5) is 34.1 Å². The molecule has 0 aliphatic rings. The fraction of sp³-hybridized carbons (Fsp3) is 0.296. The number of fused-ring (bicyclic) bond motifs is 2. The van der Waals surface area contributed by atoms with Gasteiger partial charge in [-0.15, -0.1) is 0 Å². The quantitative estimate of drug-likeness (QED) is 0.157. The van der Waals surface area contributed by atoms with Gasteiger partial charge in [-0.3, -0.25) is 0 Å². The van der Waals surface area contributed by atoms with Crippen LogP contribution in [0.5, 0.6) is 0 Å². The summed E-state index contributed by atoms with van der Waals surface area (Å²) in [5.74, 6) is 0. The zero-order valence-corrected chi connectivity index (χ0v) is 35.8. The summed E-state index contributed by atoms with van der Waals surface area (Å²) in [4.78, 5) is 4.78. The van der Waals surface area contributed by atoms with Crippen LogP contribution in [-0.4, -0.2) is 0 Å². The summed E-state index contributed by atoms with van der Waals surface area (Å²) in [6, 6.07) is 54.9. The molecule has 0 saturated heterocycles.